The zero-order valence-electron chi connectivity index (χ0n) is 9.41. The summed E-state index contributed by atoms with van der Waals surface area (Å²) in [6, 6.07) is 18.0. The van der Waals surface area contributed by atoms with E-state index in [0.29, 0.717) is 0 Å². The maximum atomic E-state index is 9.29. The van der Waals surface area contributed by atoms with E-state index in [4.69, 9.17) is 5.73 Å². The fourth-order valence-corrected chi connectivity index (χ4v) is 1.72. The van der Waals surface area contributed by atoms with Gasteiger partial charge in [-0.2, -0.15) is 0 Å². The molecule has 2 aromatic rings. The summed E-state index contributed by atoms with van der Waals surface area (Å²) in [7, 11) is 0. The molecule has 0 spiro atoms. The highest BCUT2D eigenvalue weighted by Crippen LogP contribution is 2.14. The van der Waals surface area contributed by atoms with Crippen LogP contribution in [0.15, 0.2) is 54.6 Å². The van der Waals surface area contributed by atoms with Crippen molar-refractivity contribution < 1.29 is 5.11 Å². The fourth-order valence-electron chi connectivity index (χ4n) is 1.72. The van der Waals surface area contributed by atoms with Crippen LogP contribution in [0.1, 0.15) is 22.9 Å². The number of aliphatic hydroxyl groups is 1. The van der Waals surface area contributed by atoms with Gasteiger partial charge in [-0.25, -0.2) is 0 Å². The van der Waals surface area contributed by atoms with Gasteiger partial charge in [-0.1, -0.05) is 54.6 Å². The number of halogens is 1. The van der Waals surface area contributed by atoms with E-state index in [9.17, 15) is 5.11 Å². The molecule has 0 radical (unpaired) electrons. The lowest BCUT2D eigenvalue weighted by Crippen LogP contribution is -2.08. The number of hydrogen-bond acceptors (Lipinski definition) is 2. The first-order chi connectivity index (χ1) is 7.75. The number of nitrogens with two attached hydrogens (primary N) is 1. The number of rotatable bonds is 3. The van der Waals surface area contributed by atoms with E-state index in [2.05, 4.69) is 12.1 Å². The van der Waals surface area contributed by atoms with Crippen molar-refractivity contribution in [2.45, 2.75) is 12.6 Å². The predicted octanol–water partition coefficient (Wildman–Crippen LogP) is 2.65. The van der Waals surface area contributed by atoms with Crippen LogP contribution in [0.5, 0.6) is 0 Å². The van der Waals surface area contributed by atoms with Gasteiger partial charge in [0.05, 0.1) is 0 Å². The van der Waals surface area contributed by atoms with Crippen LogP contribution in [0.25, 0.3) is 0 Å². The molecule has 0 bridgehead atoms. The van der Waals surface area contributed by atoms with E-state index in [0.717, 1.165) is 17.5 Å². The summed E-state index contributed by atoms with van der Waals surface area (Å²) in [4.78, 5) is 0. The molecule has 0 aromatic heterocycles. The van der Waals surface area contributed by atoms with E-state index < -0.39 is 6.23 Å². The van der Waals surface area contributed by atoms with Crippen LogP contribution in [0.3, 0.4) is 0 Å². The van der Waals surface area contributed by atoms with Gasteiger partial charge >= 0.3 is 0 Å². The maximum Gasteiger partial charge on any atom is 0.128 e. The van der Waals surface area contributed by atoms with Crippen LogP contribution < -0.4 is 5.73 Å². The third kappa shape index (κ3) is 3.86. The molecular weight excluding hydrogens is 234 g/mol. The molecule has 0 aliphatic carbocycles. The molecule has 0 saturated carbocycles. The van der Waals surface area contributed by atoms with Crippen molar-refractivity contribution in [1.82, 2.24) is 0 Å². The van der Waals surface area contributed by atoms with Crippen LogP contribution in [-0.2, 0) is 6.42 Å². The Bertz CT molecular complexity index is 457. The van der Waals surface area contributed by atoms with E-state index in [1.165, 1.54) is 5.56 Å². The normalized spacial score (nSPS) is 11.6. The van der Waals surface area contributed by atoms with Crippen molar-refractivity contribution >= 4 is 12.4 Å². The first-order valence-corrected chi connectivity index (χ1v) is 5.32. The van der Waals surface area contributed by atoms with Crippen molar-refractivity contribution in [2.24, 2.45) is 5.73 Å². The van der Waals surface area contributed by atoms with Crippen molar-refractivity contribution in [2.75, 3.05) is 0 Å². The molecule has 0 amide bonds. The summed E-state index contributed by atoms with van der Waals surface area (Å²) in [5.41, 5.74) is 8.61. The molecule has 2 rings (SSSR count). The van der Waals surface area contributed by atoms with Crippen LogP contribution in [0, 0.1) is 0 Å². The molecule has 1 atom stereocenters. The lowest BCUT2D eigenvalue weighted by atomic mass is 10.0. The second-order valence-electron chi connectivity index (χ2n) is 3.85. The van der Waals surface area contributed by atoms with Gasteiger partial charge in [0.1, 0.15) is 6.23 Å². The van der Waals surface area contributed by atoms with Gasteiger partial charge in [-0.15, -0.1) is 12.4 Å². The van der Waals surface area contributed by atoms with Crippen LogP contribution in [0.2, 0.25) is 0 Å². The Morgan fingerprint density at radius 1 is 0.941 bits per heavy atom. The smallest absolute Gasteiger partial charge is 0.128 e. The monoisotopic (exact) mass is 249 g/mol. The van der Waals surface area contributed by atoms with Gasteiger partial charge < -0.3 is 10.8 Å². The molecule has 2 aromatic carbocycles. The summed E-state index contributed by atoms with van der Waals surface area (Å²) in [6.07, 6.45) is -0.0303. The Morgan fingerprint density at radius 2 is 1.59 bits per heavy atom. The lowest BCUT2D eigenvalue weighted by Gasteiger charge is -2.07. The van der Waals surface area contributed by atoms with Gasteiger partial charge in [0.25, 0.3) is 0 Å². The molecule has 0 heterocycles. The van der Waals surface area contributed by atoms with Crippen molar-refractivity contribution in [1.29, 1.82) is 0 Å². The van der Waals surface area contributed by atoms with Gasteiger partial charge in [0, 0.05) is 0 Å². The van der Waals surface area contributed by atoms with E-state index in [-0.39, 0.29) is 12.4 Å². The van der Waals surface area contributed by atoms with Gasteiger partial charge in [0.2, 0.25) is 0 Å². The quantitative estimate of drug-likeness (QED) is 0.822. The molecule has 3 heteroatoms. The molecule has 90 valence electrons. The van der Waals surface area contributed by atoms with Crippen molar-refractivity contribution in [3.8, 4) is 0 Å². The molecule has 3 N–H and O–H groups in total. The van der Waals surface area contributed by atoms with Gasteiger partial charge in [-0.05, 0) is 23.1 Å². The van der Waals surface area contributed by atoms with E-state index >= 15 is 0 Å². The highest BCUT2D eigenvalue weighted by molar-refractivity contribution is 5.85. The molecule has 1 unspecified atom stereocenters. The summed E-state index contributed by atoms with van der Waals surface area (Å²) in [6.45, 7) is 0. The SMILES string of the molecule is Cl.NC(O)c1cccc(Cc2ccccc2)c1. The van der Waals surface area contributed by atoms with Gasteiger partial charge in [-0.3, -0.25) is 0 Å². The second kappa shape index (κ2) is 6.40. The highest BCUT2D eigenvalue weighted by atomic mass is 35.5. The molecular formula is C14H16ClNO. The summed E-state index contributed by atoms with van der Waals surface area (Å²) in [5, 5.41) is 9.29. The molecule has 0 fully saturated rings. The fraction of sp³-hybridized carbons (Fsp3) is 0.143. The zero-order chi connectivity index (χ0) is 11.4. The van der Waals surface area contributed by atoms with Crippen LogP contribution in [-0.4, -0.2) is 5.11 Å². The third-order valence-electron chi connectivity index (χ3n) is 2.54. The molecule has 0 aliphatic rings. The van der Waals surface area contributed by atoms with Crippen molar-refractivity contribution in [3.05, 3.63) is 71.3 Å². The Hall–Kier alpha value is -1.35. The predicted molar refractivity (Wildman–Crippen MR) is 72.1 cm³/mol. The number of aliphatic hydroxyl groups excluding tert-OH is 1. The first kappa shape index (κ1) is 13.7. The minimum absolute atomic E-state index is 0. The van der Waals surface area contributed by atoms with E-state index in [1.807, 2.05) is 42.5 Å². The summed E-state index contributed by atoms with van der Waals surface area (Å²) in [5.74, 6) is 0. The summed E-state index contributed by atoms with van der Waals surface area (Å²) < 4.78 is 0. The minimum Gasteiger partial charge on any atom is -0.375 e. The average Bonchev–Trinajstić information content (AvgIpc) is 2.30. The van der Waals surface area contributed by atoms with Crippen molar-refractivity contribution in [3.63, 3.8) is 0 Å². The first-order valence-electron chi connectivity index (χ1n) is 5.32. The Morgan fingerprint density at radius 3 is 2.24 bits per heavy atom. The van der Waals surface area contributed by atoms with E-state index in [1.54, 1.807) is 0 Å². The molecule has 0 saturated heterocycles. The van der Waals surface area contributed by atoms with Crippen LogP contribution in [0.4, 0.5) is 0 Å². The van der Waals surface area contributed by atoms with Gasteiger partial charge in [0.15, 0.2) is 0 Å². The summed E-state index contributed by atoms with van der Waals surface area (Å²) >= 11 is 0. The highest BCUT2D eigenvalue weighted by Gasteiger charge is 2.02. The molecule has 0 aliphatic heterocycles. The second-order valence-corrected chi connectivity index (χ2v) is 3.85. The van der Waals surface area contributed by atoms with Crippen LogP contribution >= 0.6 is 12.4 Å². The average molecular weight is 250 g/mol. The zero-order valence-corrected chi connectivity index (χ0v) is 10.2. The largest absolute Gasteiger partial charge is 0.375 e. The minimum atomic E-state index is -0.893. The molecule has 2 nitrogen and oxygen atoms in total. The topological polar surface area (TPSA) is 46.2 Å². The number of hydrogen-bond donors (Lipinski definition) is 2. The Balaban J connectivity index is 0.00000144. The standard InChI is InChI=1S/C14H15NO.ClH/c15-14(16)13-8-4-7-12(10-13)9-11-5-2-1-3-6-11;/h1-8,10,14,16H,9,15H2;1H. The maximum absolute atomic E-state index is 9.29. The Labute approximate surface area is 108 Å². The molecule has 17 heavy (non-hydrogen) atoms. The number of benzene rings is 2. The Kier molecular flexibility index (Phi) is 5.16. The third-order valence-corrected chi connectivity index (χ3v) is 2.54. The lowest BCUT2D eigenvalue weighted by molar-refractivity contribution is 0.186.